The van der Waals surface area contributed by atoms with Gasteiger partial charge in [0.05, 0.1) is 16.1 Å². The Kier molecular flexibility index (Phi) is 4.41. The van der Waals surface area contributed by atoms with Crippen LogP contribution in [-0.2, 0) is 11.3 Å². The number of ether oxygens (including phenoxy) is 1. The predicted molar refractivity (Wildman–Crippen MR) is 86.4 cm³/mol. The second-order valence-electron chi connectivity index (χ2n) is 4.44. The molecule has 0 aliphatic heterocycles. The summed E-state index contributed by atoms with van der Waals surface area (Å²) in [7, 11) is 0. The molecular weight excluding hydrogens is 318 g/mol. The van der Waals surface area contributed by atoms with Crippen LogP contribution in [0.25, 0.3) is 9.88 Å². The molecule has 110 valence electrons. The van der Waals surface area contributed by atoms with Gasteiger partial charge < -0.3 is 4.74 Å². The average molecular weight is 329 g/mol. The first-order valence-corrected chi connectivity index (χ1v) is 8.23. The Morgan fingerprint density at radius 3 is 2.68 bits per heavy atom. The second kappa shape index (κ2) is 6.64. The number of esters is 1. The van der Waals surface area contributed by atoms with Gasteiger partial charge in [-0.2, -0.15) is 0 Å². The third-order valence-electron chi connectivity index (χ3n) is 2.92. The number of benzene rings is 1. The lowest BCUT2D eigenvalue weighted by atomic mass is 10.1. The van der Waals surface area contributed by atoms with E-state index >= 15 is 0 Å². The Morgan fingerprint density at radius 2 is 2.00 bits per heavy atom. The molecule has 0 saturated carbocycles. The van der Waals surface area contributed by atoms with Crippen molar-refractivity contribution >= 4 is 34.9 Å². The number of hydrogen-bond donors (Lipinski definition) is 0. The first kappa shape index (κ1) is 14.6. The Balaban J connectivity index is 1.62. The molecule has 0 saturated heterocycles. The minimum atomic E-state index is -0.428. The third-order valence-corrected chi connectivity index (χ3v) is 4.85. The highest BCUT2D eigenvalue weighted by atomic mass is 32.1. The van der Waals surface area contributed by atoms with Gasteiger partial charge in [-0.3, -0.25) is 4.79 Å². The molecule has 1 aromatic carbocycles. The van der Waals surface area contributed by atoms with Crippen molar-refractivity contribution in [2.24, 2.45) is 0 Å². The van der Waals surface area contributed by atoms with E-state index < -0.39 is 5.97 Å². The van der Waals surface area contributed by atoms with E-state index in [9.17, 15) is 9.59 Å². The van der Waals surface area contributed by atoms with Crippen LogP contribution in [0.5, 0.6) is 0 Å². The summed E-state index contributed by atoms with van der Waals surface area (Å²) in [5, 5.41) is 4.81. The van der Waals surface area contributed by atoms with E-state index in [4.69, 9.17) is 4.74 Å². The highest BCUT2D eigenvalue weighted by molar-refractivity contribution is 7.20. The number of aromatic nitrogens is 1. The molecule has 0 amide bonds. The molecule has 22 heavy (non-hydrogen) atoms. The van der Waals surface area contributed by atoms with Crippen LogP contribution in [0.2, 0.25) is 0 Å². The summed E-state index contributed by atoms with van der Waals surface area (Å²) in [6, 6.07) is 10.3. The van der Waals surface area contributed by atoms with Crippen LogP contribution in [0, 0.1) is 0 Å². The first-order valence-electron chi connectivity index (χ1n) is 6.47. The van der Waals surface area contributed by atoms with Crippen molar-refractivity contribution in [1.29, 1.82) is 0 Å². The number of rotatable bonds is 5. The fraction of sp³-hybridized carbons (Fsp3) is 0.0625. The summed E-state index contributed by atoms with van der Waals surface area (Å²) in [4.78, 5) is 28.1. The number of thiazole rings is 1. The summed E-state index contributed by atoms with van der Waals surface area (Å²) >= 11 is 3.15. The largest absolute Gasteiger partial charge is 0.456 e. The molecule has 3 aromatic rings. The van der Waals surface area contributed by atoms with Gasteiger partial charge in [-0.05, 0) is 23.6 Å². The van der Waals surface area contributed by atoms with Gasteiger partial charge in [0.1, 0.15) is 17.9 Å². The predicted octanol–water partition coefficient (Wildman–Crippen LogP) is 4.04. The summed E-state index contributed by atoms with van der Waals surface area (Å²) in [5.41, 5.74) is 1.67. The Bertz CT molecular complexity index is 776. The van der Waals surface area contributed by atoms with Gasteiger partial charge in [-0.15, -0.1) is 22.7 Å². The lowest BCUT2D eigenvalue weighted by Gasteiger charge is -2.02. The van der Waals surface area contributed by atoms with Crippen LogP contribution in [-0.4, -0.2) is 17.2 Å². The summed E-state index contributed by atoms with van der Waals surface area (Å²) in [5.74, 6) is -0.428. The molecule has 2 heterocycles. The quantitative estimate of drug-likeness (QED) is 0.523. The third kappa shape index (κ3) is 3.29. The number of hydrogen-bond acceptors (Lipinski definition) is 6. The molecule has 6 heteroatoms. The summed E-state index contributed by atoms with van der Waals surface area (Å²) < 4.78 is 5.24. The van der Waals surface area contributed by atoms with E-state index in [1.807, 2.05) is 22.9 Å². The standard InChI is InChI=1S/C16H11NO3S2/c18-8-11-3-5-12(6-4-11)16(19)20-9-13-10-22-15(17-13)14-2-1-7-21-14/h1-8,10H,9H2. The number of nitrogens with zero attached hydrogens (tertiary/aromatic N) is 1. The van der Waals surface area contributed by atoms with Crippen LogP contribution in [0.15, 0.2) is 47.2 Å². The minimum absolute atomic E-state index is 0.135. The van der Waals surface area contributed by atoms with Crippen molar-refractivity contribution < 1.29 is 14.3 Å². The van der Waals surface area contributed by atoms with Crippen molar-refractivity contribution in [2.75, 3.05) is 0 Å². The second-order valence-corrected chi connectivity index (χ2v) is 6.24. The zero-order valence-electron chi connectivity index (χ0n) is 11.4. The molecule has 4 nitrogen and oxygen atoms in total. The van der Waals surface area contributed by atoms with E-state index in [2.05, 4.69) is 4.98 Å². The lowest BCUT2D eigenvalue weighted by molar-refractivity contribution is 0.0468. The highest BCUT2D eigenvalue weighted by Crippen LogP contribution is 2.28. The van der Waals surface area contributed by atoms with Crippen molar-refractivity contribution in [3.8, 4) is 9.88 Å². The van der Waals surface area contributed by atoms with E-state index in [1.165, 1.54) is 11.3 Å². The van der Waals surface area contributed by atoms with Gasteiger partial charge in [-0.25, -0.2) is 9.78 Å². The molecule has 0 unspecified atom stereocenters. The van der Waals surface area contributed by atoms with Gasteiger partial charge in [0.15, 0.2) is 0 Å². The zero-order chi connectivity index (χ0) is 15.4. The Labute approximate surface area is 135 Å². The smallest absolute Gasteiger partial charge is 0.338 e. The maximum absolute atomic E-state index is 11.9. The summed E-state index contributed by atoms with van der Waals surface area (Å²) in [6.45, 7) is 0.135. The molecule has 0 N–H and O–H groups in total. The van der Waals surface area contributed by atoms with E-state index in [0.29, 0.717) is 11.1 Å². The molecule has 0 aliphatic carbocycles. The fourth-order valence-electron chi connectivity index (χ4n) is 1.81. The highest BCUT2D eigenvalue weighted by Gasteiger charge is 2.10. The van der Waals surface area contributed by atoms with Gasteiger partial charge in [-0.1, -0.05) is 18.2 Å². The van der Waals surface area contributed by atoms with Crippen LogP contribution >= 0.6 is 22.7 Å². The maximum atomic E-state index is 11.9. The van der Waals surface area contributed by atoms with Crippen LogP contribution in [0.4, 0.5) is 0 Å². The first-order chi connectivity index (χ1) is 10.8. The van der Waals surface area contributed by atoms with E-state index in [1.54, 1.807) is 35.6 Å². The Morgan fingerprint density at radius 1 is 1.18 bits per heavy atom. The van der Waals surface area contributed by atoms with Crippen LogP contribution in [0.3, 0.4) is 0 Å². The molecular formula is C16H11NO3S2. The van der Waals surface area contributed by atoms with Crippen LogP contribution < -0.4 is 0 Å². The molecule has 0 fully saturated rings. The average Bonchev–Trinajstić information content (AvgIpc) is 3.23. The number of carbonyl (C=O) groups excluding carboxylic acids is 2. The van der Waals surface area contributed by atoms with Gasteiger partial charge in [0.2, 0.25) is 0 Å². The molecule has 0 aliphatic rings. The van der Waals surface area contributed by atoms with E-state index in [0.717, 1.165) is 21.9 Å². The maximum Gasteiger partial charge on any atom is 0.338 e. The molecule has 3 rings (SSSR count). The van der Waals surface area contributed by atoms with Crippen LogP contribution in [0.1, 0.15) is 26.4 Å². The SMILES string of the molecule is O=Cc1ccc(C(=O)OCc2csc(-c3cccs3)n2)cc1. The number of carbonyl (C=O) groups is 2. The lowest BCUT2D eigenvalue weighted by Crippen LogP contribution is -2.05. The monoisotopic (exact) mass is 329 g/mol. The molecule has 2 aromatic heterocycles. The number of thiophene rings is 1. The van der Waals surface area contributed by atoms with Gasteiger partial charge in [0.25, 0.3) is 0 Å². The summed E-state index contributed by atoms with van der Waals surface area (Å²) in [6.07, 6.45) is 0.733. The molecule has 0 spiro atoms. The van der Waals surface area contributed by atoms with Crippen molar-refractivity contribution in [3.05, 3.63) is 64.0 Å². The normalized spacial score (nSPS) is 10.4. The van der Waals surface area contributed by atoms with Crippen molar-refractivity contribution in [2.45, 2.75) is 6.61 Å². The Hall–Kier alpha value is -2.31. The fourth-order valence-corrected chi connectivity index (χ4v) is 3.43. The topological polar surface area (TPSA) is 56.3 Å². The van der Waals surface area contributed by atoms with Crippen molar-refractivity contribution in [3.63, 3.8) is 0 Å². The molecule has 0 bridgehead atoms. The van der Waals surface area contributed by atoms with Gasteiger partial charge >= 0.3 is 5.97 Å². The number of aldehydes is 1. The molecule has 0 atom stereocenters. The minimum Gasteiger partial charge on any atom is -0.456 e. The molecule has 0 radical (unpaired) electrons. The van der Waals surface area contributed by atoms with E-state index in [-0.39, 0.29) is 6.61 Å². The zero-order valence-corrected chi connectivity index (χ0v) is 13.0. The van der Waals surface area contributed by atoms with Gasteiger partial charge in [0, 0.05) is 10.9 Å². The van der Waals surface area contributed by atoms with Crippen molar-refractivity contribution in [1.82, 2.24) is 4.98 Å².